The van der Waals surface area contributed by atoms with Gasteiger partial charge >= 0.3 is 10.1 Å². The molecule has 2 aromatic rings. The summed E-state index contributed by atoms with van der Waals surface area (Å²) in [5.41, 5.74) is 1.76. The highest BCUT2D eigenvalue weighted by Gasteiger charge is 2.31. The second-order valence-electron chi connectivity index (χ2n) is 5.61. The Labute approximate surface area is 161 Å². The maximum Gasteiger partial charge on any atom is 0.306 e. The number of thioether (sulfide) groups is 1. The zero-order valence-corrected chi connectivity index (χ0v) is 16.2. The Morgan fingerprint density at radius 2 is 1.77 bits per heavy atom. The zero-order valence-electron chi connectivity index (χ0n) is 13.8. The summed E-state index contributed by atoms with van der Waals surface area (Å²) in [5, 5.41) is 0. The summed E-state index contributed by atoms with van der Waals surface area (Å²) < 4.78 is 27.6. The van der Waals surface area contributed by atoms with Crippen molar-refractivity contribution in [2.45, 2.75) is 6.54 Å². The van der Waals surface area contributed by atoms with Crippen LogP contribution in [0.15, 0.2) is 59.5 Å². The van der Waals surface area contributed by atoms with Crippen molar-refractivity contribution >= 4 is 50.4 Å². The van der Waals surface area contributed by atoms with Crippen LogP contribution in [0.4, 0.5) is 0 Å². The zero-order chi connectivity index (χ0) is 18.7. The third-order valence-corrected chi connectivity index (χ3v) is 5.36. The van der Waals surface area contributed by atoms with Crippen LogP contribution in [0.5, 0.6) is 5.75 Å². The summed E-state index contributed by atoms with van der Waals surface area (Å²) in [6.07, 6.45) is 2.72. The first-order valence-electron chi connectivity index (χ1n) is 7.61. The monoisotopic (exact) mass is 405 g/mol. The fourth-order valence-corrected chi connectivity index (χ4v) is 4.06. The number of thiocarbonyl (C=S) groups is 1. The molecule has 134 valence electrons. The minimum Gasteiger partial charge on any atom is -0.383 e. The fraction of sp³-hybridized carbons (Fsp3) is 0.111. The molecule has 8 heteroatoms. The van der Waals surface area contributed by atoms with Gasteiger partial charge < -0.3 is 4.18 Å². The number of hydrogen-bond donors (Lipinski definition) is 0. The molecule has 0 aliphatic carbocycles. The maximum atomic E-state index is 12.6. The topological polar surface area (TPSA) is 63.7 Å². The average molecular weight is 406 g/mol. The molecule has 1 fully saturated rings. The molecule has 0 radical (unpaired) electrons. The van der Waals surface area contributed by atoms with Crippen molar-refractivity contribution < 1.29 is 17.4 Å². The normalized spacial score (nSPS) is 16.3. The molecule has 2 aromatic carbocycles. The maximum absolute atomic E-state index is 12.6. The lowest BCUT2D eigenvalue weighted by Gasteiger charge is -2.14. The van der Waals surface area contributed by atoms with E-state index in [2.05, 4.69) is 0 Å². The Morgan fingerprint density at radius 1 is 1.12 bits per heavy atom. The SMILES string of the molecule is CS(=O)(=O)Oc1ccc(/C=C2\SC(=S)N(Cc3ccccc3)C2=O)cc1. The highest BCUT2D eigenvalue weighted by molar-refractivity contribution is 8.26. The Hall–Kier alpha value is -2.16. The number of benzene rings is 2. The van der Waals surface area contributed by atoms with Gasteiger partial charge in [0.1, 0.15) is 10.1 Å². The van der Waals surface area contributed by atoms with E-state index in [4.69, 9.17) is 16.4 Å². The van der Waals surface area contributed by atoms with Crippen molar-refractivity contribution in [3.63, 3.8) is 0 Å². The van der Waals surface area contributed by atoms with E-state index < -0.39 is 10.1 Å². The molecule has 1 amide bonds. The van der Waals surface area contributed by atoms with Crippen LogP contribution in [0.3, 0.4) is 0 Å². The van der Waals surface area contributed by atoms with Gasteiger partial charge in [-0.2, -0.15) is 8.42 Å². The summed E-state index contributed by atoms with van der Waals surface area (Å²) >= 11 is 6.58. The average Bonchev–Trinajstić information content (AvgIpc) is 2.84. The molecule has 26 heavy (non-hydrogen) atoms. The van der Waals surface area contributed by atoms with Crippen molar-refractivity contribution in [3.05, 3.63) is 70.6 Å². The van der Waals surface area contributed by atoms with Crippen molar-refractivity contribution in [1.29, 1.82) is 0 Å². The van der Waals surface area contributed by atoms with Crippen molar-refractivity contribution in [2.75, 3.05) is 6.26 Å². The molecule has 5 nitrogen and oxygen atoms in total. The summed E-state index contributed by atoms with van der Waals surface area (Å²) in [4.78, 5) is 14.7. The van der Waals surface area contributed by atoms with Gasteiger partial charge in [-0.1, -0.05) is 66.4 Å². The van der Waals surface area contributed by atoms with E-state index in [9.17, 15) is 13.2 Å². The quantitative estimate of drug-likeness (QED) is 0.431. The Bertz CT molecular complexity index is 967. The number of carbonyl (C=O) groups is 1. The van der Waals surface area contributed by atoms with Crippen LogP contribution >= 0.6 is 24.0 Å². The number of hydrogen-bond acceptors (Lipinski definition) is 6. The van der Waals surface area contributed by atoms with Gasteiger partial charge in [0.2, 0.25) is 0 Å². The van der Waals surface area contributed by atoms with Gasteiger partial charge in [0.25, 0.3) is 5.91 Å². The number of carbonyl (C=O) groups excluding carboxylic acids is 1. The van der Waals surface area contributed by atoms with Crippen LogP contribution < -0.4 is 4.18 Å². The van der Waals surface area contributed by atoms with E-state index in [1.807, 2.05) is 30.3 Å². The predicted octanol–water partition coefficient (Wildman–Crippen LogP) is 3.43. The van der Waals surface area contributed by atoms with Crippen LogP contribution in [0.1, 0.15) is 11.1 Å². The molecule has 1 saturated heterocycles. The van der Waals surface area contributed by atoms with Crippen molar-refractivity contribution in [2.24, 2.45) is 0 Å². The molecular weight excluding hydrogens is 390 g/mol. The molecule has 0 atom stereocenters. The highest BCUT2D eigenvalue weighted by atomic mass is 32.2. The third-order valence-electron chi connectivity index (χ3n) is 3.48. The van der Waals surface area contributed by atoms with Gasteiger partial charge in [-0.15, -0.1) is 0 Å². The van der Waals surface area contributed by atoms with E-state index >= 15 is 0 Å². The largest absolute Gasteiger partial charge is 0.383 e. The molecule has 0 saturated carbocycles. The molecule has 0 unspecified atom stereocenters. The third kappa shape index (κ3) is 4.72. The molecule has 3 rings (SSSR count). The first kappa shape index (κ1) is 18.6. The Morgan fingerprint density at radius 3 is 2.38 bits per heavy atom. The van der Waals surface area contributed by atoms with Gasteiger partial charge in [-0.25, -0.2) is 0 Å². The molecule has 1 heterocycles. The first-order chi connectivity index (χ1) is 12.3. The lowest BCUT2D eigenvalue weighted by Crippen LogP contribution is -2.27. The summed E-state index contributed by atoms with van der Waals surface area (Å²) in [6, 6.07) is 16.1. The van der Waals surface area contributed by atoms with Crippen LogP contribution in [0.2, 0.25) is 0 Å². The van der Waals surface area contributed by atoms with E-state index in [0.29, 0.717) is 15.8 Å². The second-order valence-corrected chi connectivity index (χ2v) is 8.86. The molecule has 1 aliphatic rings. The molecule has 0 aromatic heterocycles. The van der Waals surface area contributed by atoms with Gasteiger partial charge in [-0.05, 0) is 29.3 Å². The van der Waals surface area contributed by atoms with E-state index in [1.54, 1.807) is 23.1 Å². The smallest absolute Gasteiger partial charge is 0.306 e. The molecular formula is C18H15NO4S3. The number of amides is 1. The fourth-order valence-electron chi connectivity index (χ4n) is 2.35. The highest BCUT2D eigenvalue weighted by Crippen LogP contribution is 2.33. The summed E-state index contributed by atoms with van der Waals surface area (Å²) in [7, 11) is -3.56. The minimum atomic E-state index is -3.56. The van der Waals surface area contributed by atoms with Gasteiger partial charge in [-0.3, -0.25) is 9.69 Å². The van der Waals surface area contributed by atoms with Gasteiger partial charge in [0.05, 0.1) is 17.7 Å². The van der Waals surface area contributed by atoms with Crippen LogP contribution in [0, 0.1) is 0 Å². The lowest BCUT2D eigenvalue weighted by molar-refractivity contribution is -0.122. The minimum absolute atomic E-state index is 0.139. The van der Waals surface area contributed by atoms with Crippen LogP contribution in [-0.2, 0) is 21.5 Å². The van der Waals surface area contributed by atoms with Gasteiger partial charge in [0.15, 0.2) is 0 Å². The molecule has 0 N–H and O–H groups in total. The first-order valence-corrected chi connectivity index (χ1v) is 10.6. The molecule has 0 bridgehead atoms. The number of nitrogens with zero attached hydrogens (tertiary/aromatic N) is 1. The summed E-state index contributed by atoms with van der Waals surface area (Å²) in [6.45, 7) is 0.435. The number of rotatable bonds is 5. The van der Waals surface area contributed by atoms with Gasteiger partial charge in [0, 0.05) is 0 Å². The lowest BCUT2D eigenvalue weighted by atomic mass is 10.2. The van der Waals surface area contributed by atoms with Crippen LogP contribution in [-0.4, -0.2) is 29.8 Å². The summed E-state index contributed by atoms with van der Waals surface area (Å²) in [5.74, 6) is 0.0848. The van der Waals surface area contributed by atoms with E-state index in [0.717, 1.165) is 17.4 Å². The second kappa shape index (κ2) is 7.61. The van der Waals surface area contributed by atoms with Crippen LogP contribution in [0.25, 0.3) is 6.08 Å². The Balaban J connectivity index is 1.75. The molecule has 1 aliphatic heterocycles. The predicted molar refractivity (Wildman–Crippen MR) is 107 cm³/mol. The Kier molecular flexibility index (Phi) is 5.45. The van der Waals surface area contributed by atoms with E-state index in [1.165, 1.54) is 23.9 Å². The van der Waals surface area contributed by atoms with E-state index in [-0.39, 0.29) is 11.7 Å². The standard InChI is InChI=1S/C18H15NO4S3/c1-26(21,22)23-15-9-7-13(8-10-15)11-16-17(20)19(18(24)25-16)12-14-5-3-2-4-6-14/h2-11H,12H2,1H3/b16-11-. The van der Waals surface area contributed by atoms with Crippen molar-refractivity contribution in [3.8, 4) is 5.75 Å². The molecule has 0 spiro atoms. The van der Waals surface area contributed by atoms with Crippen molar-refractivity contribution in [1.82, 2.24) is 4.90 Å².